The number of halogens is 1. The molecule has 0 amide bonds. The van der Waals surface area contributed by atoms with Crippen molar-refractivity contribution in [2.45, 2.75) is 20.0 Å². The molecule has 2 aromatic heterocycles. The maximum atomic E-state index is 12.6. The largest absolute Gasteiger partial charge is 0.378 e. The molecular formula is C18H16ClN5O. The van der Waals surface area contributed by atoms with Gasteiger partial charge in [-0.15, -0.1) is 10.2 Å². The molecule has 1 N–H and O–H groups in total. The van der Waals surface area contributed by atoms with E-state index in [0.29, 0.717) is 29.3 Å². The number of aromatic nitrogens is 4. The van der Waals surface area contributed by atoms with E-state index in [-0.39, 0.29) is 5.56 Å². The fourth-order valence-electron chi connectivity index (χ4n) is 2.96. The molecule has 0 fully saturated rings. The van der Waals surface area contributed by atoms with Gasteiger partial charge in [0.05, 0.1) is 17.4 Å². The van der Waals surface area contributed by atoms with Crippen LogP contribution in [0.15, 0.2) is 53.3 Å². The number of para-hydroxylation sites is 1. The summed E-state index contributed by atoms with van der Waals surface area (Å²) in [5.41, 5.74) is 1.70. The van der Waals surface area contributed by atoms with E-state index in [1.807, 2.05) is 59.9 Å². The Kier molecular flexibility index (Phi) is 3.89. The minimum atomic E-state index is -0.0461. The maximum absolute atomic E-state index is 12.6. The van der Waals surface area contributed by atoms with Crippen LogP contribution in [0.4, 0.5) is 5.69 Å². The van der Waals surface area contributed by atoms with Gasteiger partial charge in [0.1, 0.15) is 0 Å². The lowest BCUT2D eigenvalue weighted by molar-refractivity contribution is 0.734. The Balaban J connectivity index is 1.84. The monoisotopic (exact) mass is 353 g/mol. The summed E-state index contributed by atoms with van der Waals surface area (Å²) in [6, 6.07) is 15.0. The van der Waals surface area contributed by atoms with Gasteiger partial charge in [0.25, 0.3) is 5.56 Å². The third kappa shape index (κ3) is 2.64. The van der Waals surface area contributed by atoms with E-state index in [2.05, 4.69) is 15.5 Å². The summed E-state index contributed by atoms with van der Waals surface area (Å²) in [6.07, 6.45) is 0. The quantitative estimate of drug-likeness (QED) is 0.611. The first-order valence-electron chi connectivity index (χ1n) is 8.04. The van der Waals surface area contributed by atoms with Crippen molar-refractivity contribution in [2.24, 2.45) is 0 Å². The van der Waals surface area contributed by atoms with Gasteiger partial charge in [-0.1, -0.05) is 23.7 Å². The number of hydrogen-bond donors (Lipinski definition) is 1. The van der Waals surface area contributed by atoms with Crippen molar-refractivity contribution in [1.29, 1.82) is 0 Å². The minimum Gasteiger partial charge on any atom is -0.378 e. The Hall–Kier alpha value is -2.86. The fraction of sp³-hybridized carbons (Fsp3) is 0.167. The molecular weight excluding hydrogens is 338 g/mol. The van der Waals surface area contributed by atoms with Crippen molar-refractivity contribution in [3.63, 3.8) is 0 Å². The molecule has 4 rings (SSSR count). The molecule has 2 aromatic carbocycles. The van der Waals surface area contributed by atoms with Gasteiger partial charge >= 0.3 is 0 Å². The highest BCUT2D eigenvalue weighted by atomic mass is 35.5. The second kappa shape index (κ2) is 6.22. The lowest BCUT2D eigenvalue weighted by Crippen LogP contribution is -2.22. The highest BCUT2D eigenvalue weighted by Gasteiger charge is 2.15. The molecule has 25 heavy (non-hydrogen) atoms. The van der Waals surface area contributed by atoms with Crippen molar-refractivity contribution in [3.8, 4) is 0 Å². The molecule has 0 unspecified atom stereocenters. The summed E-state index contributed by atoms with van der Waals surface area (Å²) >= 11 is 5.92. The molecule has 0 aliphatic rings. The molecule has 0 bridgehead atoms. The van der Waals surface area contributed by atoms with Gasteiger partial charge in [-0.05, 0) is 43.3 Å². The van der Waals surface area contributed by atoms with Crippen LogP contribution in [0.3, 0.4) is 0 Å². The fourth-order valence-corrected chi connectivity index (χ4v) is 3.09. The van der Waals surface area contributed by atoms with Gasteiger partial charge in [0.15, 0.2) is 5.82 Å². The van der Waals surface area contributed by atoms with Gasteiger partial charge in [0.2, 0.25) is 5.78 Å². The van der Waals surface area contributed by atoms with Crippen molar-refractivity contribution in [1.82, 2.24) is 19.2 Å². The van der Waals surface area contributed by atoms with Crippen molar-refractivity contribution in [2.75, 3.05) is 5.32 Å². The number of benzene rings is 2. The molecule has 0 spiro atoms. The lowest BCUT2D eigenvalue weighted by atomic mass is 10.2. The standard InChI is InChI=1S/C18H16ClN5O/c1-2-23-17(25)14-5-3-4-6-15(14)24-16(21-22-18(23)24)11-20-13-9-7-12(19)8-10-13/h3-10,20H,2,11H2,1H3. The van der Waals surface area contributed by atoms with Crippen LogP contribution in [0.5, 0.6) is 0 Å². The highest BCUT2D eigenvalue weighted by molar-refractivity contribution is 6.30. The minimum absolute atomic E-state index is 0.0461. The average molecular weight is 354 g/mol. The van der Waals surface area contributed by atoms with E-state index < -0.39 is 0 Å². The summed E-state index contributed by atoms with van der Waals surface area (Å²) in [4.78, 5) is 12.6. The molecule has 0 saturated carbocycles. The van der Waals surface area contributed by atoms with E-state index in [1.165, 1.54) is 0 Å². The third-order valence-electron chi connectivity index (χ3n) is 4.19. The Labute approximate surface area is 148 Å². The molecule has 0 aliphatic carbocycles. The van der Waals surface area contributed by atoms with Crippen LogP contribution in [0.25, 0.3) is 16.7 Å². The average Bonchev–Trinajstić information content (AvgIpc) is 3.06. The number of fused-ring (bicyclic) bond motifs is 3. The van der Waals surface area contributed by atoms with Crippen LogP contribution in [0, 0.1) is 0 Å². The third-order valence-corrected chi connectivity index (χ3v) is 4.44. The molecule has 0 atom stereocenters. The molecule has 4 aromatic rings. The number of hydrogen-bond acceptors (Lipinski definition) is 4. The normalized spacial score (nSPS) is 11.3. The molecule has 7 heteroatoms. The number of nitrogens with zero attached hydrogens (tertiary/aromatic N) is 4. The van der Waals surface area contributed by atoms with E-state index >= 15 is 0 Å². The predicted molar refractivity (Wildman–Crippen MR) is 99.2 cm³/mol. The molecule has 2 heterocycles. The summed E-state index contributed by atoms with van der Waals surface area (Å²) in [7, 11) is 0. The molecule has 0 aliphatic heterocycles. The van der Waals surface area contributed by atoms with Crippen LogP contribution < -0.4 is 10.9 Å². The zero-order valence-corrected chi connectivity index (χ0v) is 14.4. The van der Waals surface area contributed by atoms with E-state index in [9.17, 15) is 4.79 Å². The zero-order chi connectivity index (χ0) is 17.4. The number of nitrogens with one attached hydrogen (secondary N) is 1. The van der Waals surface area contributed by atoms with Gasteiger partial charge < -0.3 is 5.32 Å². The molecule has 6 nitrogen and oxygen atoms in total. The van der Waals surface area contributed by atoms with Gasteiger partial charge in [0, 0.05) is 17.3 Å². The Morgan fingerprint density at radius 3 is 2.60 bits per heavy atom. The first-order chi connectivity index (χ1) is 12.2. The van der Waals surface area contributed by atoms with Crippen molar-refractivity contribution < 1.29 is 0 Å². The Bertz CT molecular complexity index is 1110. The molecule has 0 radical (unpaired) electrons. The smallest absolute Gasteiger partial charge is 0.262 e. The van der Waals surface area contributed by atoms with Gasteiger partial charge in [-0.2, -0.15) is 0 Å². The summed E-state index contributed by atoms with van der Waals surface area (Å²) < 4.78 is 3.57. The van der Waals surface area contributed by atoms with Gasteiger partial charge in [-0.3, -0.25) is 13.8 Å². The number of aryl methyl sites for hydroxylation is 1. The molecule has 0 saturated heterocycles. The second-order valence-corrected chi connectivity index (χ2v) is 6.12. The maximum Gasteiger partial charge on any atom is 0.262 e. The van der Waals surface area contributed by atoms with Crippen molar-refractivity contribution in [3.05, 3.63) is 69.7 Å². The van der Waals surface area contributed by atoms with E-state index in [4.69, 9.17) is 11.6 Å². The topological polar surface area (TPSA) is 64.2 Å². The van der Waals surface area contributed by atoms with Crippen LogP contribution >= 0.6 is 11.6 Å². The van der Waals surface area contributed by atoms with E-state index in [0.717, 1.165) is 17.0 Å². The number of rotatable bonds is 4. The van der Waals surface area contributed by atoms with Crippen LogP contribution in [0.2, 0.25) is 5.02 Å². The van der Waals surface area contributed by atoms with Crippen LogP contribution in [-0.2, 0) is 13.1 Å². The highest BCUT2D eigenvalue weighted by Crippen LogP contribution is 2.17. The van der Waals surface area contributed by atoms with Crippen LogP contribution in [0.1, 0.15) is 12.7 Å². The zero-order valence-electron chi connectivity index (χ0n) is 13.6. The first kappa shape index (κ1) is 15.7. The summed E-state index contributed by atoms with van der Waals surface area (Å²) in [5, 5.41) is 13.2. The summed E-state index contributed by atoms with van der Waals surface area (Å²) in [6.45, 7) is 2.95. The van der Waals surface area contributed by atoms with E-state index in [1.54, 1.807) is 4.57 Å². The molecule has 126 valence electrons. The Morgan fingerprint density at radius 1 is 1.08 bits per heavy atom. The Morgan fingerprint density at radius 2 is 1.84 bits per heavy atom. The van der Waals surface area contributed by atoms with Crippen molar-refractivity contribution >= 4 is 34.0 Å². The second-order valence-electron chi connectivity index (χ2n) is 5.68. The lowest BCUT2D eigenvalue weighted by Gasteiger charge is -2.10. The number of anilines is 1. The predicted octanol–water partition coefficient (Wildman–Crippen LogP) is 3.33. The first-order valence-corrected chi connectivity index (χ1v) is 8.42. The van der Waals surface area contributed by atoms with Gasteiger partial charge in [-0.25, -0.2) is 0 Å². The summed E-state index contributed by atoms with van der Waals surface area (Å²) in [5.74, 6) is 1.29. The van der Waals surface area contributed by atoms with Crippen LogP contribution in [-0.4, -0.2) is 19.2 Å². The SMILES string of the molecule is CCn1c(=O)c2ccccc2n2c(CNc3ccc(Cl)cc3)nnc12.